The number of ketones is 1. The lowest BCUT2D eigenvalue weighted by molar-refractivity contribution is 0.0922. The highest BCUT2D eigenvalue weighted by molar-refractivity contribution is 6.13. The molecule has 3 aromatic carbocycles. The van der Waals surface area contributed by atoms with E-state index in [9.17, 15) is 4.79 Å². The maximum absolute atomic E-state index is 13.2. The summed E-state index contributed by atoms with van der Waals surface area (Å²) in [5, 5.41) is 9.88. The number of nitriles is 1. The zero-order chi connectivity index (χ0) is 20.2. The second kappa shape index (κ2) is 7.91. The molecule has 1 aromatic heterocycles. The Morgan fingerprint density at radius 1 is 1.00 bits per heavy atom. The number of rotatable bonds is 6. The van der Waals surface area contributed by atoms with E-state index in [1.807, 2.05) is 54.6 Å². The van der Waals surface area contributed by atoms with Crippen molar-refractivity contribution in [2.45, 2.75) is 0 Å². The molecule has 5 heteroatoms. The molecule has 0 bridgehead atoms. The van der Waals surface area contributed by atoms with Gasteiger partial charge in [0.25, 0.3) is 0 Å². The molecule has 4 rings (SSSR count). The van der Waals surface area contributed by atoms with Crippen LogP contribution >= 0.6 is 0 Å². The number of benzene rings is 3. The van der Waals surface area contributed by atoms with E-state index in [1.54, 1.807) is 18.2 Å². The van der Waals surface area contributed by atoms with E-state index in [-0.39, 0.29) is 12.4 Å². The van der Waals surface area contributed by atoms with Gasteiger partial charge in [-0.3, -0.25) is 4.79 Å². The summed E-state index contributed by atoms with van der Waals surface area (Å²) in [7, 11) is 1.50. The SMILES string of the molecule is COc1cc(C#N)ccc1OCC(=O)c1c(-c2ccccc2)[nH]c2ccccc12. The molecule has 0 saturated heterocycles. The van der Waals surface area contributed by atoms with Gasteiger partial charge in [-0.2, -0.15) is 5.26 Å². The molecule has 0 saturated carbocycles. The van der Waals surface area contributed by atoms with Crippen LogP contribution in [0.15, 0.2) is 72.8 Å². The van der Waals surface area contributed by atoms with E-state index in [4.69, 9.17) is 14.7 Å². The number of aromatic nitrogens is 1. The minimum absolute atomic E-state index is 0.146. The number of H-pyrrole nitrogens is 1. The number of aromatic amines is 1. The van der Waals surface area contributed by atoms with Crippen molar-refractivity contribution in [1.82, 2.24) is 4.98 Å². The Balaban J connectivity index is 1.68. The lowest BCUT2D eigenvalue weighted by atomic mass is 10.0. The Labute approximate surface area is 168 Å². The highest BCUT2D eigenvalue weighted by atomic mass is 16.5. The number of fused-ring (bicyclic) bond motifs is 1. The summed E-state index contributed by atoms with van der Waals surface area (Å²) in [5.41, 5.74) is 3.66. The molecule has 0 spiro atoms. The van der Waals surface area contributed by atoms with Gasteiger partial charge in [-0.1, -0.05) is 48.5 Å². The molecule has 1 N–H and O–H groups in total. The van der Waals surface area contributed by atoms with E-state index in [1.165, 1.54) is 7.11 Å². The summed E-state index contributed by atoms with van der Waals surface area (Å²) in [6.45, 7) is -0.149. The van der Waals surface area contributed by atoms with Crippen molar-refractivity contribution in [3.63, 3.8) is 0 Å². The Bertz CT molecular complexity index is 1220. The maximum Gasteiger partial charge on any atom is 0.202 e. The third kappa shape index (κ3) is 3.56. The lowest BCUT2D eigenvalue weighted by Crippen LogP contribution is -2.13. The van der Waals surface area contributed by atoms with Crippen molar-refractivity contribution in [2.24, 2.45) is 0 Å². The summed E-state index contributed by atoms with van der Waals surface area (Å²) in [6, 6.07) is 24.4. The van der Waals surface area contributed by atoms with Crippen LogP contribution in [0.5, 0.6) is 11.5 Å². The van der Waals surface area contributed by atoms with E-state index in [0.717, 1.165) is 22.2 Å². The first kappa shape index (κ1) is 18.3. The molecule has 1 heterocycles. The number of methoxy groups -OCH3 is 1. The van der Waals surface area contributed by atoms with Gasteiger partial charge in [-0.25, -0.2) is 0 Å². The molecule has 5 nitrogen and oxygen atoms in total. The molecule has 0 fully saturated rings. The number of carbonyl (C=O) groups excluding carboxylic acids is 1. The molecule has 0 aliphatic heterocycles. The minimum Gasteiger partial charge on any atom is -0.493 e. The molecule has 0 radical (unpaired) electrons. The van der Waals surface area contributed by atoms with Gasteiger partial charge in [0.1, 0.15) is 0 Å². The van der Waals surface area contributed by atoms with Crippen LogP contribution in [0.2, 0.25) is 0 Å². The van der Waals surface area contributed by atoms with Crippen LogP contribution in [-0.2, 0) is 0 Å². The summed E-state index contributed by atoms with van der Waals surface area (Å²) in [6.07, 6.45) is 0. The summed E-state index contributed by atoms with van der Waals surface area (Å²) in [4.78, 5) is 16.5. The molecule has 0 aliphatic rings. The Morgan fingerprint density at radius 3 is 2.52 bits per heavy atom. The van der Waals surface area contributed by atoms with Crippen LogP contribution in [0.4, 0.5) is 0 Å². The minimum atomic E-state index is -0.149. The van der Waals surface area contributed by atoms with Gasteiger partial charge in [0.2, 0.25) is 5.78 Å². The van der Waals surface area contributed by atoms with E-state index in [2.05, 4.69) is 11.1 Å². The molecule has 0 amide bonds. The normalized spacial score (nSPS) is 10.5. The second-order valence-corrected chi connectivity index (χ2v) is 6.48. The van der Waals surface area contributed by atoms with E-state index in [0.29, 0.717) is 22.6 Å². The first-order valence-corrected chi connectivity index (χ1v) is 9.11. The number of nitrogens with zero attached hydrogens (tertiary/aromatic N) is 1. The van der Waals surface area contributed by atoms with Gasteiger partial charge in [0, 0.05) is 17.0 Å². The second-order valence-electron chi connectivity index (χ2n) is 6.48. The molecule has 0 unspecified atom stereocenters. The number of hydrogen-bond acceptors (Lipinski definition) is 4. The standard InChI is InChI=1S/C24H18N2O3/c1-28-22-13-16(14-25)11-12-21(22)29-15-20(27)23-18-9-5-6-10-19(18)26-24(23)17-7-3-2-4-8-17/h2-13,26H,15H2,1H3. The average molecular weight is 382 g/mol. The number of hydrogen-bond donors (Lipinski definition) is 1. The molecule has 142 valence electrons. The highest BCUT2D eigenvalue weighted by Gasteiger charge is 2.20. The van der Waals surface area contributed by atoms with E-state index >= 15 is 0 Å². The van der Waals surface area contributed by atoms with Crippen molar-refractivity contribution in [1.29, 1.82) is 5.26 Å². The quantitative estimate of drug-likeness (QED) is 0.477. The van der Waals surface area contributed by atoms with E-state index < -0.39 is 0 Å². The Kier molecular flexibility index (Phi) is 5.00. The van der Waals surface area contributed by atoms with Crippen molar-refractivity contribution < 1.29 is 14.3 Å². The van der Waals surface area contributed by atoms with Crippen LogP contribution < -0.4 is 9.47 Å². The largest absolute Gasteiger partial charge is 0.493 e. The third-order valence-electron chi connectivity index (χ3n) is 4.70. The van der Waals surface area contributed by atoms with Crippen LogP contribution in [0, 0.1) is 11.3 Å². The summed E-state index contributed by atoms with van der Waals surface area (Å²) < 4.78 is 11.0. The van der Waals surface area contributed by atoms with Crippen LogP contribution in [-0.4, -0.2) is 24.5 Å². The van der Waals surface area contributed by atoms with Gasteiger partial charge in [-0.15, -0.1) is 0 Å². The van der Waals surface area contributed by atoms with Gasteiger partial charge >= 0.3 is 0 Å². The van der Waals surface area contributed by atoms with Crippen LogP contribution in [0.25, 0.3) is 22.2 Å². The first-order valence-electron chi connectivity index (χ1n) is 9.11. The van der Waals surface area contributed by atoms with Gasteiger partial charge in [0.15, 0.2) is 18.1 Å². The zero-order valence-electron chi connectivity index (χ0n) is 15.8. The predicted octanol–water partition coefficient (Wildman–Crippen LogP) is 4.98. The lowest BCUT2D eigenvalue weighted by Gasteiger charge is -2.11. The average Bonchev–Trinajstić information content (AvgIpc) is 3.17. The summed E-state index contributed by atoms with van der Waals surface area (Å²) in [5.74, 6) is 0.688. The Hall–Kier alpha value is -4.04. The third-order valence-corrected chi connectivity index (χ3v) is 4.70. The predicted molar refractivity (Wildman–Crippen MR) is 111 cm³/mol. The number of nitrogens with one attached hydrogen (secondary N) is 1. The van der Waals surface area contributed by atoms with Gasteiger partial charge < -0.3 is 14.5 Å². The van der Waals surface area contributed by atoms with Crippen molar-refractivity contribution >= 4 is 16.7 Å². The molecular weight excluding hydrogens is 364 g/mol. The number of para-hydroxylation sites is 1. The highest BCUT2D eigenvalue weighted by Crippen LogP contribution is 2.32. The van der Waals surface area contributed by atoms with Crippen molar-refractivity contribution in [3.05, 3.63) is 83.9 Å². The molecule has 29 heavy (non-hydrogen) atoms. The van der Waals surface area contributed by atoms with Gasteiger partial charge in [-0.05, 0) is 23.8 Å². The molecular formula is C24H18N2O3. The van der Waals surface area contributed by atoms with Crippen LogP contribution in [0.3, 0.4) is 0 Å². The Morgan fingerprint density at radius 2 is 1.76 bits per heavy atom. The fourth-order valence-corrected chi connectivity index (χ4v) is 3.32. The number of ether oxygens (including phenoxy) is 2. The topological polar surface area (TPSA) is 75.1 Å². The smallest absolute Gasteiger partial charge is 0.202 e. The van der Waals surface area contributed by atoms with Crippen molar-refractivity contribution in [3.8, 4) is 28.8 Å². The first-order chi connectivity index (χ1) is 14.2. The van der Waals surface area contributed by atoms with Crippen LogP contribution in [0.1, 0.15) is 15.9 Å². The molecule has 0 aliphatic carbocycles. The zero-order valence-corrected chi connectivity index (χ0v) is 15.8. The number of carbonyl (C=O) groups is 1. The summed E-state index contributed by atoms with van der Waals surface area (Å²) >= 11 is 0. The fraction of sp³-hybridized carbons (Fsp3) is 0.0833. The molecule has 0 atom stereocenters. The fourth-order valence-electron chi connectivity index (χ4n) is 3.32. The van der Waals surface area contributed by atoms with Crippen molar-refractivity contribution in [2.75, 3.05) is 13.7 Å². The van der Waals surface area contributed by atoms with Gasteiger partial charge in [0.05, 0.1) is 30.0 Å². The maximum atomic E-state index is 13.2. The molecule has 4 aromatic rings. The monoisotopic (exact) mass is 382 g/mol. The number of Topliss-reactive ketones (excluding diaryl/α,β-unsaturated/α-hetero) is 1.